The zero-order valence-corrected chi connectivity index (χ0v) is 12.3. The van der Waals surface area contributed by atoms with Gasteiger partial charge in [0, 0.05) is 23.2 Å². The third-order valence-electron chi connectivity index (χ3n) is 3.31. The summed E-state index contributed by atoms with van der Waals surface area (Å²) in [4.78, 5) is 8.93. The van der Waals surface area contributed by atoms with Crippen LogP contribution >= 0.6 is 11.8 Å². The lowest BCUT2D eigenvalue weighted by molar-refractivity contribution is 0.0314. The summed E-state index contributed by atoms with van der Waals surface area (Å²) >= 11 is 1.75. The van der Waals surface area contributed by atoms with Gasteiger partial charge in [-0.1, -0.05) is 11.8 Å². The van der Waals surface area contributed by atoms with E-state index < -0.39 is 0 Å². The Morgan fingerprint density at radius 1 is 1.37 bits per heavy atom. The van der Waals surface area contributed by atoms with Crippen molar-refractivity contribution in [2.75, 3.05) is 6.61 Å². The Hall–Kier alpha value is -1.14. The predicted octanol–water partition coefficient (Wildman–Crippen LogP) is 2.40. The van der Waals surface area contributed by atoms with Crippen LogP contribution in [0.3, 0.4) is 0 Å². The maximum atomic E-state index is 5.57. The highest BCUT2D eigenvalue weighted by molar-refractivity contribution is 7.99. The molecule has 1 saturated heterocycles. The molecule has 0 spiro atoms. The van der Waals surface area contributed by atoms with Crippen molar-refractivity contribution in [1.82, 2.24) is 19.6 Å². The number of nitrogens with zero attached hydrogens (tertiary/aromatic N) is 4. The van der Waals surface area contributed by atoms with Crippen molar-refractivity contribution in [3.8, 4) is 0 Å². The van der Waals surface area contributed by atoms with Crippen molar-refractivity contribution >= 4 is 17.5 Å². The van der Waals surface area contributed by atoms with Crippen LogP contribution in [0.1, 0.15) is 31.2 Å². The van der Waals surface area contributed by atoms with Gasteiger partial charge in [0.15, 0.2) is 0 Å². The van der Waals surface area contributed by atoms with Gasteiger partial charge in [0.05, 0.1) is 6.10 Å². The van der Waals surface area contributed by atoms with E-state index in [-0.39, 0.29) is 0 Å². The van der Waals surface area contributed by atoms with E-state index in [1.165, 1.54) is 0 Å². The first-order valence-corrected chi connectivity index (χ1v) is 7.49. The molecule has 0 unspecified atom stereocenters. The van der Waals surface area contributed by atoms with Crippen molar-refractivity contribution < 1.29 is 4.74 Å². The van der Waals surface area contributed by atoms with Crippen LogP contribution in [-0.2, 0) is 4.74 Å². The highest BCUT2D eigenvalue weighted by Crippen LogP contribution is 2.29. The van der Waals surface area contributed by atoms with Crippen molar-refractivity contribution in [2.24, 2.45) is 0 Å². The standard InChI is InChI=1S/C13H18N4OS/c1-8-6-9(2)17-12(14-8)15-13(16-17)19-11-4-5-18-10(3)7-11/h6,10-11H,4-5,7H2,1-3H3/t10-,11+/m1/s1. The van der Waals surface area contributed by atoms with E-state index in [1.807, 2.05) is 24.4 Å². The Balaban J connectivity index is 1.83. The number of aryl methyl sites for hydroxylation is 2. The van der Waals surface area contributed by atoms with E-state index >= 15 is 0 Å². The molecule has 1 aliphatic heterocycles. The van der Waals surface area contributed by atoms with Crippen molar-refractivity contribution in [2.45, 2.75) is 50.1 Å². The number of thioether (sulfide) groups is 1. The van der Waals surface area contributed by atoms with Crippen LogP contribution in [0.15, 0.2) is 11.2 Å². The summed E-state index contributed by atoms with van der Waals surface area (Å²) in [5.74, 6) is 0.695. The number of hydrogen-bond donors (Lipinski definition) is 0. The van der Waals surface area contributed by atoms with Crippen LogP contribution < -0.4 is 0 Å². The molecule has 5 nitrogen and oxygen atoms in total. The topological polar surface area (TPSA) is 52.3 Å². The summed E-state index contributed by atoms with van der Waals surface area (Å²) in [5.41, 5.74) is 2.05. The number of hydrogen-bond acceptors (Lipinski definition) is 5. The molecule has 102 valence electrons. The summed E-state index contributed by atoms with van der Waals surface area (Å²) in [6.07, 6.45) is 2.46. The minimum atomic E-state index is 0.338. The SMILES string of the molecule is Cc1cc(C)n2nc(S[C@H]3CCO[C@H](C)C3)nc2n1. The Bertz CT molecular complexity index is 598. The molecular weight excluding hydrogens is 260 g/mol. The molecule has 6 heteroatoms. The first-order chi connectivity index (χ1) is 9.11. The second-order valence-corrected chi connectivity index (χ2v) is 6.36. The highest BCUT2D eigenvalue weighted by atomic mass is 32.2. The average Bonchev–Trinajstić information content (AvgIpc) is 2.71. The molecule has 2 aromatic rings. The first kappa shape index (κ1) is 12.9. The summed E-state index contributed by atoms with van der Waals surface area (Å²) in [6, 6.07) is 2.02. The molecule has 3 rings (SSSR count). The Kier molecular flexibility index (Phi) is 3.45. The summed E-state index contributed by atoms with van der Waals surface area (Å²) in [5, 5.41) is 5.90. The van der Waals surface area contributed by atoms with Crippen LogP contribution in [0, 0.1) is 13.8 Å². The van der Waals surface area contributed by atoms with Crippen LogP contribution in [0.25, 0.3) is 5.78 Å². The largest absolute Gasteiger partial charge is 0.378 e. The fourth-order valence-corrected chi connectivity index (χ4v) is 3.55. The van der Waals surface area contributed by atoms with Gasteiger partial charge in [-0.3, -0.25) is 0 Å². The van der Waals surface area contributed by atoms with Crippen molar-refractivity contribution in [3.63, 3.8) is 0 Å². The van der Waals surface area contributed by atoms with Gasteiger partial charge >= 0.3 is 0 Å². The second kappa shape index (κ2) is 5.09. The van der Waals surface area contributed by atoms with Gasteiger partial charge in [-0.15, -0.1) is 5.10 Å². The van der Waals surface area contributed by atoms with Crippen LogP contribution in [0.5, 0.6) is 0 Å². The number of rotatable bonds is 2. The van der Waals surface area contributed by atoms with E-state index in [0.29, 0.717) is 17.1 Å². The smallest absolute Gasteiger partial charge is 0.253 e. The second-order valence-electron chi connectivity index (χ2n) is 5.09. The lowest BCUT2D eigenvalue weighted by atomic mass is 10.1. The minimum absolute atomic E-state index is 0.338. The van der Waals surface area contributed by atoms with E-state index in [4.69, 9.17) is 4.74 Å². The molecule has 2 aromatic heterocycles. The Labute approximate surface area is 116 Å². The summed E-state index contributed by atoms with van der Waals surface area (Å²) in [7, 11) is 0. The zero-order chi connectivity index (χ0) is 13.4. The van der Waals surface area contributed by atoms with E-state index in [0.717, 1.165) is 36.0 Å². The number of ether oxygens (including phenoxy) is 1. The predicted molar refractivity (Wildman–Crippen MR) is 74.5 cm³/mol. The molecule has 19 heavy (non-hydrogen) atoms. The summed E-state index contributed by atoms with van der Waals surface area (Å²) < 4.78 is 7.39. The maximum Gasteiger partial charge on any atom is 0.253 e. The van der Waals surface area contributed by atoms with Gasteiger partial charge in [-0.2, -0.15) is 4.98 Å². The molecular formula is C13H18N4OS. The fourth-order valence-electron chi connectivity index (χ4n) is 2.41. The summed E-state index contributed by atoms with van der Waals surface area (Å²) in [6.45, 7) is 6.97. The molecule has 0 saturated carbocycles. The Morgan fingerprint density at radius 2 is 2.21 bits per heavy atom. The highest BCUT2D eigenvalue weighted by Gasteiger charge is 2.22. The van der Waals surface area contributed by atoms with Gasteiger partial charge < -0.3 is 4.74 Å². The molecule has 0 bridgehead atoms. The molecule has 0 aromatic carbocycles. The van der Waals surface area contributed by atoms with E-state index in [1.54, 1.807) is 11.8 Å². The molecule has 1 aliphatic rings. The fraction of sp³-hybridized carbons (Fsp3) is 0.615. The third-order valence-corrected chi connectivity index (χ3v) is 4.45. The van der Waals surface area contributed by atoms with Gasteiger partial charge in [0.25, 0.3) is 5.78 Å². The van der Waals surface area contributed by atoms with Gasteiger partial charge in [-0.25, -0.2) is 9.50 Å². The Morgan fingerprint density at radius 3 is 3.00 bits per heavy atom. The molecule has 0 amide bonds. The molecule has 3 heterocycles. The van der Waals surface area contributed by atoms with Crippen LogP contribution in [0.4, 0.5) is 0 Å². The zero-order valence-electron chi connectivity index (χ0n) is 11.5. The van der Waals surface area contributed by atoms with E-state index in [9.17, 15) is 0 Å². The maximum absolute atomic E-state index is 5.57. The van der Waals surface area contributed by atoms with Gasteiger partial charge in [0.1, 0.15) is 0 Å². The van der Waals surface area contributed by atoms with Gasteiger partial charge in [-0.05, 0) is 39.7 Å². The van der Waals surface area contributed by atoms with Gasteiger partial charge in [0.2, 0.25) is 5.16 Å². The number of aromatic nitrogens is 4. The van der Waals surface area contributed by atoms with E-state index in [2.05, 4.69) is 22.0 Å². The first-order valence-electron chi connectivity index (χ1n) is 6.61. The molecule has 0 N–H and O–H groups in total. The van der Waals surface area contributed by atoms with Crippen LogP contribution in [-0.4, -0.2) is 37.5 Å². The molecule has 2 atom stereocenters. The molecule has 0 aliphatic carbocycles. The average molecular weight is 278 g/mol. The normalized spacial score (nSPS) is 23.9. The number of fused-ring (bicyclic) bond motifs is 1. The van der Waals surface area contributed by atoms with Crippen molar-refractivity contribution in [1.29, 1.82) is 0 Å². The monoisotopic (exact) mass is 278 g/mol. The third kappa shape index (κ3) is 2.74. The van der Waals surface area contributed by atoms with Crippen LogP contribution in [0.2, 0.25) is 0 Å². The quantitative estimate of drug-likeness (QED) is 0.844. The van der Waals surface area contributed by atoms with Crippen molar-refractivity contribution in [3.05, 3.63) is 17.5 Å². The minimum Gasteiger partial charge on any atom is -0.378 e. The lowest BCUT2D eigenvalue weighted by Gasteiger charge is -2.25. The molecule has 1 fully saturated rings. The molecule has 0 radical (unpaired) electrons. The lowest BCUT2D eigenvalue weighted by Crippen LogP contribution is -2.24.